The van der Waals surface area contributed by atoms with Crippen LogP contribution < -0.4 is 0 Å². The monoisotopic (exact) mass is 271 g/mol. The van der Waals surface area contributed by atoms with Crippen molar-refractivity contribution in [1.82, 2.24) is 0 Å². The smallest absolute Gasteiger partial charge is 0.389 e. The van der Waals surface area contributed by atoms with Crippen molar-refractivity contribution in [2.75, 3.05) is 0 Å². The first-order chi connectivity index (χ1) is 7.67. The van der Waals surface area contributed by atoms with Crippen LogP contribution in [0.1, 0.15) is 12.8 Å². The Morgan fingerprint density at radius 3 is 2.53 bits per heavy atom. The van der Waals surface area contributed by atoms with Crippen LogP contribution in [0.2, 0.25) is 0 Å². The quantitative estimate of drug-likeness (QED) is 0.598. The summed E-state index contributed by atoms with van der Waals surface area (Å²) in [7, 11) is -5.79. The molecule has 0 unspecified atom stereocenters. The van der Waals surface area contributed by atoms with Crippen LogP contribution in [0.3, 0.4) is 0 Å². The lowest BCUT2D eigenvalue weighted by Gasteiger charge is -2.21. The van der Waals surface area contributed by atoms with Crippen LogP contribution in [0, 0.1) is 17.2 Å². The Morgan fingerprint density at radius 1 is 1.47 bits per heavy atom. The van der Waals surface area contributed by atoms with Crippen LogP contribution in [0.4, 0.5) is 13.2 Å². The molecule has 0 amide bonds. The normalized spacial score (nSPS) is 25.9. The van der Waals surface area contributed by atoms with Gasteiger partial charge >= 0.3 is 15.6 Å². The van der Waals surface area contributed by atoms with Crippen molar-refractivity contribution in [3.8, 4) is 6.07 Å². The highest BCUT2D eigenvalue weighted by Gasteiger charge is 2.49. The molecule has 1 aliphatic carbocycles. The molecule has 96 valence electrons. The second-order valence-corrected chi connectivity index (χ2v) is 4.92. The number of hydrogen-bond donors (Lipinski definition) is 1. The molecule has 1 rings (SSSR count). The highest BCUT2D eigenvalue weighted by Crippen LogP contribution is 2.32. The topological polar surface area (TPSA) is 87.4 Å². The number of hydrogen-bond acceptors (Lipinski definition) is 5. The predicted molar refractivity (Wildman–Crippen MR) is 48.5 cm³/mol. The summed E-state index contributed by atoms with van der Waals surface area (Å²) in [6, 6.07) is 1.61. The van der Waals surface area contributed by atoms with E-state index < -0.39 is 33.4 Å². The van der Waals surface area contributed by atoms with E-state index in [1.807, 2.05) is 0 Å². The van der Waals surface area contributed by atoms with Gasteiger partial charge in [-0.1, -0.05) is 0 Å². The average Bonchev–Trinajstić information content (AvgIpc) is 2.15. The molecule has 0 heterocycles. The Hall–Kier alpha value is -1.27. The van der Waals surface area contributed by atoms with Crippen molar-refractivity contribution in [3.05, 3.63) is 11.8 Å². The van der Waals surface area contributed by atoms with Crippen LogP contribution in [0.5, 0.6) is 0 Å². The predicted octanol–water partition coefficient (Wildman–Crippen LogP) is 1.03. The maximum Gasteiger partial charge on any atom is 0.534 e. The maximum absolute atomic E-state index is 12.0. The zero-order chi connectivity index (χ0) is 13.3. The number of aliphatic hydroxyl groups excluding tert-OH is 1. The zero-order valence-electron chi connectivity index (χ0n) is 8.31. The molecule has 0 spiro atoms. The van der Waals surface area contributed by atoms with E-state index in [1.54, 1.807) is 6.07 Å². The molecule has 0 aromatic carbocycles. The van der Waals surface area contributed by atoms with Gasteiger partial charge in [0.2, 0.25) is 0 Å². The minimum Gasteiger partial charge on any atom is -0.389 e. The molecule has 9 heteroatoms. The summed E-state index contributed by atoms with van der Waals surface area (Å²) in [5.41, 5.74) is -5.56. The lowest BCUT2D eigenvalue weighted by atomic mass is 9.94. The molecule has 0 aromatic heterocycles. The van der Waals surface area contributed by atoms with Gasteiger partial charge in [0.25, 0.3) is 0 Å². The van der Waals surface area contributed by atoms with Crippen molar-refractivity contribution in [2.24, 2.45) is 5.92 Å². The molecule has 0 radical (unpaired) electrons. The number of nitriles is 1. The molecule has 2 atom stereocenters. The van der Waals surface area contributed by atoms with E-state index >= 15 is 0 Å². The van der Waals surface area contributed by atoms with Gasteiger partial charge in [0.15, 0.2) is 0 Å². The lowest BCUT2D eigenvalue weighted by Crippen LogP contribution is -2.28. The summed E-state index contributed by atoms with van der Waals surface area (Å²) in [6.45, 7) is 0. The first kappa shape index (κ1) is 13.8. The van der Waals surface area contributed by atoms with Gasteiger partial charge in [-0.05, 0) is 18.9 Å². The van der Waals surface area contributed by atoms with Crippen molar-refractivity contribution >= 4 is 10.1 Å². The van der Waals surface area contributed by atoms with Crippen molar-refractivity contribution in [1.29, 1.82) is 5.26 Å². The van der Waals surface area contributed by atoms with Gasteiger partial charge in [0.1, 0.15) is 11.7 Å². The Bertz CT molecular complexity index is 462. The molecule has 1 aliphatic rings. The number of aliphatic hydroxyl groups is 1. The van der Waals surface area contributed by atoms with Crippen molar-refractivity contribution in [3.63, 3.8) is 0 Å². The van der Waals surface area contributed by atoms with E-state index in [0.717, 1.165) is 6.08 Å². The Balaban J connectivity index is 2.98. The number of nitrogens with zero attached hydrogens (tertiary/aromatic N) is 1. The molecule has 0 saturated carbocycles. The third-order valence-corrected chi connectivity index (χ3v) is 3.08. The van der Waals surface area contributed by atoms with Gasteiger partial charge in [-0.25, -0.2) is 0 Å². The van der Waals surface area contributed by atoms with E-state index in [1.165, 1.54) is 0 Å². The fourth-order valence-electron chi connectivity index (χ4n) is 1.26. The molecular weight excluding hydrogens is 263 g/mol. The van der Waals surface area contributed by atoms with E-state index in [4.69, 9.17) is 10.4 Å². The third-order valence-electron chi connectivity index (χ3n) is 2.10. The van der Waals surface area contributed by atoms with Gasteiger partial charge in [-0.15, -0.1) is 0 Å². The standard InChI is InChI=1S/C8H8F3NO4S/c9-8(10,11)17(14,15)16-7-3-6(13)2-1-5(7)4-12/h3,5-6,13H,1-2H2/t5-,6+/m0/s1. The van der Waals surface area contributed by atoms with E-state index in [2.05, 4.69) is 4.18 Å². The van der Waals surface area contributed by atoms with Gasteiger partial charge < -0.3 is 9.29 Å². The van der Waals surface area contributed by atoms with Crippen LogP contribution >= 0.6 is 0 Å². The van der Waals surface area contributed by atoms with Crippen LogP contribution in [-0.4, -0.2) is 25.1 Å². The molecule has 0 aliphatic heterocycles. The van der Waals surface area contributed by atoms with Gasteiger partial charge in [0.05, 0.1) is 12.2 Å². The molecule has 5 nitrogen and oxygen atoms in total. The van der Waals surface area contributed by atoms with Crippen LogP contribution in [0.25, 0.3) is 0 Å². The maximum atomic E-state index is 12.0. The molecule has 17 heavy (non-hydrogen) atoms. The average molecular weight is 271 g/mol. The Labute approximate surface area is 95.2 Å². The molecule has 1 N–H and O–H groups in total. The van der Waals surface area contributed by atoms with E-state index in [0.29, 0.717) is 0 Å². The fraction of sp³-hybridized carbons (Fsp3) is 0.625. The first-order valence-electron chi connectivity index (χ1n) is 4.47. The minimum atomic E-state index is -5.79. The number of rotatable bonds is 2. The van der Waals surface area contributed by atoms with E-state index in [-0.39, 0.29) is 12.8 Å². The number of allylic oxidation sites excluding steroid dienone is 1. The first-order valence-corrected chi connectivity index (χ1v) is 5.88. The number of halogens is 3. The summed E-state index contributed by atoms with van der Waals surface area (Å²) in [6.07, 6.45) is -0.104. The highest BCUT2D eigenvalue weighted by molar-refractivity contribution is 7.87. The Morgan fingerprint density at radius 2 is 2.06 bits per heavy atom. The second-order valence-electron chi connectivity index (χ2n) is 3.38. The molecule has 0 fully saturated rings. The van der Waals surface area contributed by atoms with Crippen LogP contribution in [0.15, 0.2) is 11.8 Å². The van der Waals surface area contributed by atoms with Gasteiger partial charge in [-0.3, -0.25) is 0 Å². The highest BCUT2D eigenvalue weighted by atomic mass is 32.2. The summed E-state index contributed by atoms with van der Waals surface area (Å²) in [5.74, 6) is -1.78. The van der Waals surface area contributed by atoms with Crippen molar-refractivity contribution < 1.29 is 30.9 Å². The molecule has 0 aromatic rings. The number of alkyl halides is 3. The Kier molecular flexibility index (Phi) is 3.68. The summed E-state index contributed by atoms with van der Waals surface area (Å²) in [5, 5.41) is 17.8. The zero-order valence-corrected chi connectivity index (χ0v) is 9.12. The summed E-state index contributed by atoms with van der Waals surface area (Å²) >= 11 is 0. The third kappa shape index (κ3) is 3.10. The largest absolute Gasteiger partial charge is 0.534 e. The van der Waals surface area contributed by atoms with Gasteiger partial charge in [-0.2, -0.15) is 26.9 Å². The van der Waals surface area contributed by atoms with Crippen LogP contribution in [-0.2, 0) is 14.3 Å². The summed E-state index contributed by atoms with van der Waals surface area (Å²) in [4.78, 5) is 0. The SMILES string of the molecule is N#C[C@@H]1CC[C@@H](O)C=C1OS(=O)(=O)C(F)(F)F. The lowest BCUT2D eigenvalue weighted by molar-refractivity contribution is -0.0528. The molecule has 0 saturated heterocycles. The molecular formula is C8H8F3NO4S. The summed E-state index contributed by atoms with van der Waals surface area (Å²) < 4.78 is 61.4. The van der Waals surface area contributed by atoms with Crippen molar-refractivity contribution in [2.45, 2.75) is 24.5 Å². The minimum absolute atomic E-state index is 0.0386. The molecule has 0 bridgehead atoms. The van der Waals surface area contributed by atoms with E-state index in [9.17, 15) is 21.6 Å². The van der Waals surface area contributed by atoms with Gasteiger partial charge in [0, 0.05) is 0 Å². The fourth-order valence-corrected chi connectivity index (χ4v) is 1.78. The second kappa shape index (κ2) is 4.54.